The molecular weight excluding hydrogens is 364 g/mol. The Bertz CT molecular complexity index is 800. The van der Waals surface area contributed by atoms with Crippen LogP contribution in [0.15, 0.2) is 65.0 Å². The molecule has 0 aliphatic rings. The lowest BCUT2D eigenvalue weighted by atomic mass is 9.97. The van der Waals surface area contributed by atoms with Crippen LogP contribution < -0.4 is 5.32 Å². The van der Waals surface area contributed by atoms with Crippen molar-refractivity contribution in [1.29, 1.82) is 0 Å². The van der Waals surface area contributed by atoms with Crippen molar-refractivity contribution in [2.24, 2.45) is 0 Å². The van der Waals surface area contributed by atoms with Crippen molar-refractivity contribution in [2.45, 2.75) is 10.4 Å². The van der Waals surface area contributed by atoms with E-state index in [4.69, 9.17) is 0 Å². The summed E-state index contributed by atoms with van der Waals surface area (Å²) in [5, 5.41) is 11.8. The fraction of sp³-hybridized carbons (Fsp3) is 0.211. The number of carbonyl (C=O) groups excluding carboxylic acids is 1. The maximum absolute atomic E-state index is 12.8. The molecule has 134 valence electrons. The number of benzene rings is 2. The lowest BCUT2D eigenvalue weighted by molar-refractivity contribution is -0.128. The van der Waals surface area contributed by atoms with E-state index < -0.39 is 0 Å². The second-order valence-corrected chi connectivity index (χ2v) is 7.84. The van der Waals surface area contributed by atoms with Crippen LogP contribution in [0.1, 0.15) is 17.2 Å². The van der Waals surface area contributed by atoms with Crippen LogP contribution in [-0.2, 0) is 4.79 Å². The maximum Gasteiger partial charge on any atom is 0.233 e. The molecule has 0 fully saturated rings. The molecule has 0 saturated carbocycles. The molecule has 26 heavy (non-hydrogen) atoms. The summed E-state index contributed by atoms with van der Waals surface area (Å²) in [6.45, 7) is 0. The fourth-order valence-corrected chi connectivity index (χ4v) is 4.28. The van der Waals surface area contributed by atoms with E-state index in [9.17, 15) is 4.79 Å². The highest BCUT2D eigenvalue weighted by atomic mass is 32.2. The topological polar surface area (TPSA) is 58.1 Å². The number of thioether (sulfide) groups is 1. The summed E-state index contributed by atoms with van der Waals surface area (Å²) in [7, 11) is 3.66. The standard InChI is InChI=1S/C19H20N4OS2/c1-20-18-21-22-19(26-18)25-13-16(24)23(2)17(14-9-5-3-6-10-14)15-11-7-4-8-12-15/h3-12,17H,13H2,1-2H3,(H,20,21). The molecule has 2 aromatic carbocycles. The van der Waals surface area contributed by atoms with Gasteiger partial charge in [-0.25, -0.2) is 0 Å². The summed E-state index contributed by atoms with van der Waals surface area (Å²) in [5.41, 5.74) is 2.18. The average molecular weight is 385 g/mol. The molecule has 0 atom stereocenters. The molecule has 0 radical (unpaired) electrons. The smallest absolute Gasteiger partial charge is 0.233 e. The van der Waals surface area contributed by atoms with Crippen molar-refractivity contribution in [3.8, 4) is 0 Å². The van der Waals surface area contributed by atoms with Crippen LogP contribution in [0.2, 0.25) is 0 Å². The van der Waals surface area contributed by atoms with E-state index in [1.165, 1.54) is 23.1 Å². The van der Waals surface area contributed by atoms with E-state index in [2.05, 4.69) is 39.8 Å². The zero-order valence-electron chi connectivity index (χ0n) is 14.6. The third-order valence-electron chi connectivity index (χ3n) is 3.95. The molecule has 0 saturated heterocycles. The first-order valence-electron chi connectivity index (χ1n) is 8.18. The van der Waals surface area contributed by atoms with E-state index in [0.29, 0.717) is 5.75 Å². The first-order chi connectivity index (χ1) is 12.7. The number of nitrogens with zero attached hydrogens (tertiary/aromatic N) is 3. The predicted octanol–water partition coefficient (Wildman–Crippen LogP) is 3.92. The Morgan fingerprint density at radius 3 is 2.15 bits per heavy atom. The van der Waals surface area contributed by atoms with Crippen LogP contribution in [0.25, 0.3) is 0 Å². The molecule has 0 unspecified atom stereocenters. The molecule has 0 aliphatic heterocycles. The Balaban J connectivity index is 1.76. The van der Waals surface area contributed by atoms with Gasteiger partial charge in [0.1, 0.15) is 0 Å². The molecule has 1 N–H and O–H groups in total. The van der Waals surface area contributed by atoms with Crippen molar-refractivity contribution in [1.82, 2.24) is 15.1 Å². The summed E-state index contributed by atoms with van der Waals surface area (Å²) >= 11 is 2.86. The Kier molecular flexibility index (Phi) is 6.25. The van der Waals surface area contributed by atoms with Gasteiger partial charge in [-0.3, -0.25) is 4.79 Å². The van der Waals surface area contributed by atoms with Crippen molar-refractivity contribution in [3.05, 3.63) is 71.8 Å². The normalized spacial score (nSPS) is 10.7. The van der Waals surface area contributed by atoms with Crippen LogP contribution >= 0.6 is 23.1 Å². The molecule has 3 rings (SSSR count). The third-order valence-corrected chi connectivity index (χ3v) is 6.01. The predicted molar refractivity (Wildman–Crippen MR) is 108 cm³/mol. The van der Waals surface area contributed by atoms with Gasteiger partial charge in [-0.05, 0) is 11.1 Å². The van der Waals surface area contributed by atoms with E-state index in [0.717, 1.165) is 20.6 Å². The number of anilines is 1. The number of rotatable bonds is 7. The van der Waals surface area contributed by atoms with Gasteiger partial charge in [0, 0.05) is 14.1 Å². The largest absolute Gasteiger partial charge is 0.363 e. The van der Waals surface area contributed by atoms with Gasteiger partial charge in [0.25, 0.3) is 0 Å². The number of hydrogen-bond donors (Lipinski definition) is 1. The molecule has 0 bridgehead atoms. The first-order valence-corrected chi connectivity index (χ1v) is 9.99. The Labute approximate surface area is 161 Å². The SMILES string of the molecule is CNc1nnc(SCC(=O)N(C)C(c2ccccc2)c2ccccc2)s1. The van der Waals surface area contributed by atoms with Gasteiger partial charge in [-0.2, -0.15) is 0 Å². The van der Waals surface area contributed by atoms with Gasteiger partial charge in [0.2, 0.25) is 11.0 Å². The van der Waals surface area contributed by atoms with E-state index >= 15 is 0 Å². The number of hydrogen-bond acceptors (Lipinski definition) is 6. The molecule has 3 aromatic rings. The van der Waals surface area contributed by atoms with Crippen molar-refractivity contribution < 1.29 is 4.79 Å². The Hall–Kier alpha value is -2.38. The molecule has 0 aliphatic carbocycles. The number of aromatic nitrogens is 2. The lowest BCUT2D eigenvalue weighted by Crippen LogP contribution is -2.33. The summed E-state index contributed by atoms with van der Waals surface area (Å²) in [4.78, 5) is 14.6. The van der Waals surface area contributed by atoms with Gasteiger partial charge in [0.15, 0.2) is 4.34 Å². The van der Waals surface area contributed by atoms with E-state index in [1.54, 1.807) is 11.9 Å². The van der Waals surface area contributed by atoms with Gasteiger partial charge in [-0.1, -0.05) is 83.8 Å². The highest BCUT2D eigenvalue weighted by molar-refractivity contribution is 8.01. The van der Waals surface area contributed by atoms with E-state index in [1.807, 2.05) is 43.4 Å². The van der Waals surface area contributed by atoms with Crippen molar-refractivity contribution in [3.63, 3.8) is 0 Å². The molecule has 5 nitrogen and oxygen atoms in total. The second-order valence-electron chi connectivity index (χ2n) is 5.64. The minimum atomic E-state index is -0.118. The zero-order valence-corrected chi connectivity index (χ0v) is 16.3. The minimum absolute atomic E-state index is 0.0499. The molecule has 1 aromatic heterocycles. The maximum atomic E-state index is 12.8. The van der Waals surface area contributed by atoms with Crippen LogP contribution in [0.3, 0.4) is 0 Å². The quantitative estimate of drug-likeness (QED) is 0.626. The summed E-state index contributed by atoms with van der Waals surface area (Å²) in [6, 6.07) is 20.1. The monoisotopic (exact) mass is 384 g/mol. The summed E-state index contributed by atoms with van der Waals surface area (Å²) in [5.74, 6) is 0.374. The minimum Gasteiger partial charge on any atom is -0.363 e. The van der Waals surface area contributed by atoms with Gasteiger partial charge in [-0.15, -0.1) is 10.2 Å². The van der Waals surface area contributed by atoms with Crippen molar-refractivity contribution in [2.75, 3.05) is 25.2 Å². The third kappa shape index (κ3) is 4.42. The van der Waals surface area contributed by atoms with Crippen molar-refractivity contribution >= 4 is 34.1 Å². The summed E-state index contributed by atoms with van der Waals surface area (Å²) in [6.07, 6.45) is 0. The van der Waals surface area contributed by atoms with E-state index in [-0.39, 0.29) is 11.9 Å². The number of nitrogens with one attached hydrogen (secondary N) is 1. The highest BCUT2D eigenvalue weighted by Crippen LogP contribution is 2.30. The van der Waals surface area contributed by atoms with Crippen LogP contribution in [0.4, 0.5) is 5.13 Å². The fourth-order valence-electron chi connectivity index (χ4n) is 2.65. The zero-order chi connectivity index (χ0) is 18.4. The van der Waals surface area contributed by atoms with Gasteiger partial charge < -0.3 is 10.2 Å². The second kappa shape index (κ2) is 8.82. The van der Waals surface area contributed by atoms with Gasteiger partial charge >= 0.3 is 0 Å². The Morgan fingerprint density at radius 1 is 1.08 bits per heavy atom. The molecule has 7 heteroatoms. The molecule has 1 amide bonds. The van der Waals surface area contributed by atoms with Crippen LogP contribution in [-0.4, -0.2) is 40.9 Å². The van der Waals surface area contributed by atoms with Gasteiger partial charge in [0.05, 0.1) is 11.8 Å². The Morgan fingerprint density at radius 2 is 1.65 bits per heavy atom. The van der Waals surface area contributed by atoms with Crippen LogP contribution in [0, 0.1) is 0 Å². The number of amides is 1. The summed E-state index contributed by atoms with van der Waals surface area (Å²) < 4.78 is 0.784. The molecule has 1 heterocycles. The molecule has 0 spiro atoms. The first kappa shape index (κ1) is 18.4. The lowest BCUT2D eigenvalue weighted by Gasteiger charge is -2.29. The molecular formula is C19H20N4OS2. The number of carbonyl (C=O) groups is 1. The highest BCUT2D eigenvalue weighted by Gasteiger charge is 2.23. The average Bonchev–Trinajstić information content (AvgIpc) is 3.16. The van der Waals surface area contributed by atoms with Crippen LogP contribution in [0.5, 0.6) is 0 Å².